The second-order valence-corrected chi connectivity index (χ2v) is 7.88. The highest BCUT2D eigenvalue weighted by atomic mass is 32.2. The highest BCUT2D eigenvalue weighted by molar-refractivity contribution is 8.18. The van der Waals surface area contributed by atoms with Gasteiger partial charge in [-0.05, 0) is 41.1 Å². The molecule has 1 saturated heterocycles. The van der Waals surface area contributed by atoms with Gasteiger partial charge in [0.2, 0.25) is 5.13 Å². The lowest BCUT2D eigenvalue weighted by molar-refractivity contribution is -0.115. The monoisotopic (exact) mass is 423 g/mol. The fourth-order valence-corrected chi connectivity index (χ4v) is 4.01. The van der Waals surface area contributed by atoms with Crippen LogP contribution >= 0.6 is 23.1 Å². The van der Waals surface area contributed by atoms with Gasteiger partial charge < -0.3 is 14.8 Å². The lowest BCUT2D eigenvalue weighted by Gasteiger charge is -2.11. The Balaban J connectivity index is 1.49. The SMILES string of the molecule is COc1cc(C=C2S/C(=N/c3nccs3)NC2=O)ccc1OCc1ccccc1. The number of carbonyl (C=O) groups is 1. The highest BCUT2D eigenvalue weighted by Gasteiger charge is 2.24. The van der Waals surface area contributed by atoms with Gasteiger partial charge in [-0.15, -0.1) is 11.3 Å². The number of carbonyl (C=O) groups excluding carboxylic acids is 1. The molecule has 3 aromatic rings. The van der Waals surface area contributed by atoms with Crippen LogP contribution < -0.4 is 14.8 Å². The smallest absolute Gasteiger partial charge is 0.264 e. The van der Waals surface area contributed by atoms with Crippen LogP contribution in [0.2, 0.25) is 0 Å². The van der Waals surface area contributed by atoms with Crippen LogP contribution in [0.25, 0.3) is 6.08 Å². The molecule has 0 aliphatic carbocycles. The molecule has 0 spiro atoms. The highest BCUT2D eigenvalue weighted by Crippen LogP contribution is 2.32. The van der Waals surface area contributed by atoms with Crippen molar-refractivity contribution in [2.75, 3.05) is 7.11 Å². The average Bonchev–Trinajstić information content (AvgIpc) is 3.37. The summed E-state index contributed by atoms with van der Waals surface area (Å²) < 4.78 is 11.3. The van der Waals surface area contributed by atoms with Crippen LogP contribution in [0.5, 0.6) is 11.5 Å². The van der Waals surface area contributed by atoms with Gasteiger partial charge in [0.15, 0.2) is 16.7 Å². The summed E-state index contributed by atoms with van der Waals surface area (Å²) in [6, 6.07) is 15.5. The maximum Gasteiger partial charge on any atom is 0.264 e. The molecule has 1 N–H and O–H groups in total. The number of aromatic nitrogens is 1. The maximum atomic E-state index is 12.2. The topological polar surface area (TPSA) is 72.8 Å². The lowest BCUT2D eigenvalue weighted by atomic mass is 10.2. The summed E-state index contributed by atoms with van der Waals surface area (Å²) in [5.74, 6) is 1.07. The Kier molecular flexibility index (Phi) is 5.92. The number of thiazole rings is 1. The molecule has 2 heterocycles. The molecule has 4 rings (SSSR count). The van der Waals surface area contributed by atoms with Gasteiger partial charge in [-0.2, -0.15) is 4.99 Å². The van der Waals surface area contributed by atoms with Gasteiger partial charge in [0, 0.05) is 11.6 Å². The molecular weight excluding hydrogens is 406 g/mol. The zero-order chi connectivity index (χ0) is 20.1. The minimum Gasteiger partial charge on any atom is -0.493 e. The summed E-state index contributed by atoms with van der Waals surface area (Å²) in [6.45, 7) is 0.451. The van der Waals surface area contributed by atoms with E-state index in [1.807, 2.05) is 53.9 Å². The van der Waals surface area contributed by atoms with Gasteiger partial charge in [-0.1, -0.05) is 36.4 Å². The number of rotatable bonds is 6. The predicted octanol–water partition coefficient (Wildman–Crippen LogP) is 4.62. The van der Waals surface area contributed by atoms with E-state index in [4.69, 9.17) is 9.47 Å². The van der Waals surface area contributed by atoms with Gasteiger partial charge in [0.1, 0.15) is 6.61 Å². The molecule has 146 valence electrons. The summed E-state index contributed by atoms with van der Waals surface area (Å²) in [5.41, 5.74) is 1.91. The van der Waals surface area contributed by atoms with E-state index >= 15 is 0 Å². The Morgan fingerprint density at radius 2 is 2.03 bits per heavy atom. The van der Waals surface area contributed by atoms with Crippen LogP contribution in [0, 0.1) is 0 Å². The van der Waals surface area contributed by atoms with E-state index in [1.54, 1.807) is 19.4 Å². The van der Waals surface area contributed by atoms with Crippen LogP contribution in [-0.4, -0.2) is 23.2 Å². The molecule has 1 amide bonds. The normalized spacial score (nSPS) is 16.2. The van der Waals surface area contributed by atoms with E-state index in [9.17, 15) is 4.79 Å². The summed E-state index contributed by atoms with van der Waals surface area (Å²) in [7, 11) is 1.59. The quantitative estimate of drug-likeness (QED) is 0.586. The zero-order valence-electron chi connectivity index (χ0n) is 15.5. The average molecular weight is 424 g/mol. The molecule has 2 aromatic carbocycles. The van der Waals surface area contributed by atoms with Gasteiger partial charge in [-0.3, -0.25) is 4.79 Å². The summed E-state index contributed by atoms with van der Waals surface area (Å²) in [5, 5.41) is 5.72. The maximum absolute atomic E-state index is 12.2. The van der Waals surface area contributed by atoms with Gasteiger partial charge in [0.05, 0.1) is 12.0 Å². The largest absolute Gasteiger partial charge is 0.493 e. The van der Waals surface area contributed by atoms with E-state index in [0.29, 0.717) is 33.3 Å². The number of hydrogen-bond acceptors (Lipinski definition) is 7. The first-order valence-electron chi connectivity index (χ1n) is 8.75. The van der Waals surface area contributed by atoms with Crippen LogP contribution in [0.4, 0.5) is 5.13 Å². The molecule has 1 fully saturated rings. The van der Waals surface area contributed by atoms with Crippen molar-refractivity contribution in [3.63, 3.8) is 0 Å². The fourth-order valence-electron chi connectivity index (χ4n) is 2.62. The van der Waals surface area contributed by atoms with Crippen molar-refractivity contribution in [1.82, 2.24) is 10.3 Å². The third-order valence-electron chi connectivity index (χ3n) is 3.99. The number of nitrogens with one attached hydrogen (secondary N) is 1. The molecule has 0 radical (unpaired) electrons. The first-order chi connectivity index (χ1) is 14.2. The number of nitrogens with zero attached hydrogens (tertiary/aromatic N) is 2. The van der Waals surface area contributed by atoms with Gasteiger partial charge in [-0.25, -0.2) is 4.98 Å². The van der Waals surface area contributed by atoms with E-state index in [0.717, 1.165) is 11.1 Å². The van der Waals surface area contributed by atoms with Crippen LogP contribution in [0.3, 0.4) is 0 Å². The molecule has 1 aliphatic rings. The summed E-state index contributed by atoms with van der Waals surface area (Å²) in [4.78, 5) is 21.2. The molecular formula is C21H17N3O3S2. The molecule has 1 aromatic heterocycles. The molecule has 0 atom stereocenters. The Labute approximate surface area is 176 Å². The molecule has 0 unspecified atom stereocenters. The van der Waals surface area contributed by atoms with Crippen molar-refractivity contribution >= 4 is 45.4 Å². The summed E-state index contributed by atoms with van der Waals surface area (Å²) in [6.07, 6.45) is 3.48. The number of benzene rings is 2. The molecule has 0 bridgehead atoms. The van der Waals surface area contributed by atoms with E-state index in [-0.39, 0.29) is 5.91 Å². The number of amides is 1. The van der Waals surface area contributed by atoms with Crippen molar-refractivity contribution < 1.29 is 14.3 Å². The number of methoxy groups -OCH3 is 1. The molecule has 1 aliphatic heterocycles. The van der Waals surface area contributed by atoms with Crippen molar-refractivity contribution in [2.45, 2.75) is 6.61 Å². The van der Waals surface area contributed by atoms with Crippen LogP contribution in [0.15, 0.2) is 70.0 Å². The Morgan fingerprint density at radius 3 is 2.79 bits per heavy atom. The minimum atomic E-state index is -0.186. The standard InChI is InChI=1S/C21H17N3O3S2/c1-26-17-11-15(7-8-16(17)27-13-14-5-3-2-4-6-14)12-18-19(25)23-21(29-18)24-20-22-9-10-28-20/h2-12H,13H2,1H3,(H,22,23,24,25). The molecule has 8 heteroatoms. The van der Waals surface area contributed by atoms with Crippen LogP contribution in [0.1, 0.15) is 11.1 Å². The first-order valence-corrected chi connectivity index (χ1v) is 10.4. The molecule has 29 heavy (non-hydrogen) atoms. The lowest BCUT2D eigenvalue weighted by Crippen LogP contribution is -2.19. The van der Waals surface area contributed by atoms with Crippen molar-refractivity contribution in [1.29, 1.82) is 0 Å². The van der Waals surface area contributed by atoms with Gasteiger partial charge in [0.25, 0.3) is 5.91 Å². The third kappa shape index (κ3) is 4.85. The van der Waals surface area contributed by atoms with Gasteiger partial charge >= 0.3 is 0 Å². The van der Waals surface area contributed by atoms with E-state index in [1.165, 1.54) is 23.1 Å². The predicted molar refractivity (Wildman–Crippen MR) is 117 cm³/mol. The van der Waals surface area contributed by atoms with Crippen molar-refractivity contribution in [3.8, 4) is 11.5 Å². The fraction of sp³-hybridized carbons (Fsp3) is 0.0952. The Morgan fingerprint density at radius 1 is 1.17 bits per heavy atom. The molecule has 6 nitrogen and oxygen atoms in total. The third-order valence-corrected chi connectivity index (χ3v) is 5.57. The number of amidine groups is 1. The molecule has 0 saturated carbocycles. The van der Waals surface area contributed by atoms with E-state index in [2.05, 4.69) is 15.3 Å². The number of ether oxygens (including phenoxy) is 2. The number of aliphatic imine (C=N–C) groups is 1. The summed E-state index contributed by atoms with van der Waals surface area (Å²) >= 11 is 2.69. The van der Waals surface area contributed by atoms with Crippen molar-refractivity contribution in [2.24, 2.45) is 4.99 Å². The van der Waals surface area contributed by atoms with E-state index < -0.39 is 0 Å². The Bertz CT molecular complexity index is 1060. The second-order valence-electron chi connectivity index (χ2n) is 5.98. The minimum absolute atomic E-state index is 0.186. The first kappa shape index (κ1) is 19.2. The number of hydrogen-bond donors (Lipinski definition) is 1. The Hall–Kier alpha value is -3.10. The zero-order valence-corrected chi connectivity index (χ0v) is 17.1. The number of thioether (sulfide) groups is 1. The van der Waals surface area contributed by atoms with Crippen LogP contribution in [-0.2, 0) is 11.4 Å². The second kappa shape index (κ2) is 8.93. The van der Waals surface area contributed by atoms with Crippen molar-refractivity contribution in [3.05, 3.63) is 76.1 Å².